The zero-order valence-corrected chi connectivity index (χ0v) is 20.0. The minimum absolute atomic E-state index is 0.0567. The van der Waals surface area contributed by atoms with E-state index in [1.54, 1.807) is 18.2 Å². The quantitative estimate of drug-likeness (QED) is 0.380. The van der Waals surface area contributed by atoms with Gasteiger partial charge >= 0.3 is 0 Å². The average molecular weight is 520 g/mol. The number of hydrogen-bond acceptors (Lipinski definition) is 6. The van der Waals surface area contributed by atoms with Crippen molar-refractivity contribution >= 4 is 36.9 Å². The van der Waals surface area contributed by atoms with Crippen LogP contribution in [-0.2, 0) is 15.0 Å². The van der Waals surface area contributed by atoms with Crippen LogP contribution in [-0.4, -0.2) is 52.4 Å². The van der Waals surface area contributed by atoms with Crippen molar-refractivity contribution < 1.29 is 27.3 Å². The zero-order chi connectivity index (χ0) is 25.9. The van der Waals surface area contributed by atoms with Crippen molar-refractivity contribution in [2.45, 2.75) is 48.7 Å². The van der Waals surface area contributed by atoms with E-state index in [0.29, 0.717) is 11.3 Å². The van der Waals surface area contributed by atoms with Crippen molar-refractivity contribution in [2.75, 3.05) is 4.90 Å². The Morgan fingerprint density at radius 1 is 1.17 bits per heavy atom. The summed E-state index contributed by atoms with van der Waals surface area (Å²) in [6.45, 7) is 0. The monoisotopic (exact) mass is 519 g/mol. The molecule has 2 amide bonds. The lowest BCUT2D eigenvalue weighted by molar-refractivity contribution is -0.130. The van der Waals surface area contributed by atoms with Crippen LogP contribution in [0.5, 0.6) is 0 Å². The second kappa shape index (κ2) is 10.3. The maximum atomic E-state index is 14.3. The Hall–Kier alpha value is -3.41. The maximum absolute atomic E-state index is 14.3. The summed E-state index contributed by atoms with van der Waals surface area (Å²) in [6, 6.07) is 7.32. The lowest BCUT2D eigenvalue weighted by Crippen LogP contribution is -2.62. The summed E-state index contributed by atoms with van der Waals surface area (Å²) < 4.78 is 46.7. The van der Waals surface area contributed by atoms with Crippen molar-refractivity contribution in [1.29, 1.82) is 0 Å². The Morgan fingerprint density at radius 2 is 1.81 bits per heavy atom. The molecule has 36 heavy (non-hydrogen) atoms. The number of anilines is 1. The zero-order valence-electron chi connectivity index (χ0n) is 19.2. The fraction of sp³-hybridized carbons (Fsp3) is 0.348. The number of benzene rings is 1. The molecule has 1 aliphatic carbocycles. The Labute approximate surface area is 210 Å². The molecule has 2 aromatic heterocycles. The van der Waals surface area contributed by atoms with Gasteiger partial charge in [0.1, 0.15) is 11.8 Å². The average Bonchev–Trinajstić information content (AvgIpc) is 3.41. The molecular formula is C23H22BClF3N5O3. The Morgan fingerprint density at radius 3 is 2.36 bits per heavy atom. The van der Waals surface area contributed by atoms with Gasteiger partial charge in [-0.25, -0.2) is 23.1 Å². The van der Waals surface area contributed by atoms with Gasteiger partial charge in [0.15, 0.2) is 13.6 Å². The molecule has 1 aliphatic rings. The summed E-state index contributed by atoms with van der Waals surface area (Å²) in [4.78, 5) is 35.7. The fourth-order valence-corrected chi connectivity index (χ4v) is 4.36. The van der Waals surface area contributed by atoms with Gasteiger partial charge in [-0.1, -0.05) is 16.8 Å². The number of nitrogens with zero attached hydrogens (tertiary/aromatic N) is 4. The molecule has 0 radical (unpaired) electrons. The van der Waals surface area contributed by atoms with Crippen LogP contribution in [0, 0.1) is 0 Å². The van der Waals surface area contributed by atoms with E-state index in [1.165, 1.54) is 44.9 Å². The van der Waals surface area contributed by atoms with E-state index < -0.39 is 34.8 Å². The molecule has 1 N–H and O–H groups in total. The van der Waals surface area contributed by atoms with Gasteiger partial charge in [-0.2, -0.15) is 0 Å². The first-order valence-electron chi connectivity index (χ1n) is 11.2. The number of aromatic nitrogens is 3. The predicted octanol–water partition coefficient (Wildman–Crippen LogP) is 3.18. The molecular weight excluding hydrogens is 498 g/mol. The van der Waals surface area contributed by atoms with Gasteiger partial charge in [0, 0.05) is 54.2 Å². The number of carbonyl (C=O) groups excluding carboxylic acids is 2. The normalized spacial score (nSPS) is 18.1. The van der Waals surface area contributed by atoms with Crippen LogP contribution in [0.4, 0.5) is 18.9 Å². The summed E-state index contributed by atoms with van der Waals surface area (Å²) in [5.74, 6) is -4.23. The first kappa shape index (κ1) is 25.7. The van der Waals surface area contributed by atoms with Crippen molar-refractivity contribution in [1.82, 2.24) is 20.4 Å². The third-order valence-electron chi connectivity index (χ3n) is 6.32. The van der Waals surface area contributed by atoms with Crippen LogP contribution < -0.4 is 10.2 Å². The highest BCUT2D eigenvalue weighted by Gasteiger charge is 2.48. The molecule has 13 heteroatoms. The SMILES string of the molecule is B[C@](C(=O)NC1CCC(F)(F)CC1)(c1cncnc1)N(C(=O)[C@H](F)Cl)c1ccc(-c2ccno2)cc1. The molecule has 188 valence electrons. The van der Waals surface area contributed by atoms with Gasteiger partial charge in [-0.15, -0.1) is 0 Å². The topological polar surface area (TPSA) is 101 Å². The largest absolute Gasteiger partial charge is 0.356 e. The number of nitrogens with one attached hydrogen (secondary N) is 1. The van der Waals surface area contributed by atoms with Gasteiger partial charge in [0.05, 0.1) is 6.20 Å². The number of rotatable bonds is 7. The van der Waals surface area contributed by atoms with Crippen LogP contribution in [0.15, 0.2) is 59.8 Å². The molecule has 0 aliphatic heterocycles. The van der Waals surface area contributed by atoms with E-state index in [9.17, 15) is 22.8 Å². The summed E-state index contributed by atoms with van der Waals surface area (Å²) in [6.07, 6.45) is 4.73. The van der Waals surface area contributed by atoms with E-state index in [-0.39, 0.29) is 36.9 Å². The van der Waals surface area contributed by atoms with Crippen LogP contribution in [0.3, 0.4) is 0 Å². The number of amides is 2. The predicted molar refractivity (Wildman–Crippen MR) is 128 cm³/mol. The summed E-state index contributed by atoms with van der Waals surface area (Å²) >= 11 is 5.58. The first-order chi connectivity index (χ1) is 17.1. The lowest BCUT2D eigenvalue weighted by Gasteiger charge is -2.42. The molecule has 2 atom stereocenters. The molecule has 1 saturated carbocycles. The Kier molecular flexibility index (Phi) is 7.34. The van der Waals surface area contributed by atoms with Gasteiger partial charge < -0.3 is 9.84 Å². The molecule has 4 rings (SSSR count). The van der Waals surface area contributed by atoms with Crippen molar-refractivity contribution in [3.8, 4) is 11.3 Å². The second-order valence-corrected chi connectivity index (χ2v) is 9.08. The van der Waals surface area contributed by atoms with Crippen molar-refractivity contribution in [3.05, 3.63) is 60.8 Å². The highest BCUT2D eigenvalue weighted by atomic mass is 35.5. The smallest absolute Gasteiger partial charge is 0.277 e. The van der Waals surface area contributed by atoms with Gasteiger partial charge in [-0.05, 0) is 37.1 Å². The number of alkyl halides is 4. The minimum Gasteiger partial charge on any atom is -0.356 e. The molecule has 0 bridgehead atoms. The number of hydrogen-bond donors (Lipinski definition) is 1. The lowest BCUT2D eigenvalue weighted by atomic mass is 9.69. The molecule has 1 aromatic carbocycles. The van der Waals surface area contributed by atoms with Gasteiger partial charge in [0.2, 0.25) is 11.8 Å². The molecule has 1 fully saturated rings. The molecule has 0 spiro atoms. The molecule has 8 nitrogen and oxygen atoms in total. The fourth-order valence-electron chi connectivity index (χ4n) is 4.27. The van der Waals surface area contributed by atoms with Crippen LogP contribution >= 0.6 is 11.6 Å². The highest BCUT2D eigenvalue weighted by Crippen LogP contribution is 2.36. The Bertz CT molecular complexity index is 1190. The van der Waals surface area contributed by atoms with Gasteiger partial charge in [-0.3, -0.25) is 14.5 Å². The summed E-state index contributed by atoms with van der Waals surface area (Å²) in [5.41, 5.74) is -3.38. The van der Waals surface area contributed by atoms with Gasteiger partial charge in [0.25, 0.3) is 11.5 Å². The van der Waals surface area contributed by atoms with E-state index in [4.69, 9.17) is 16.1 Å². The van der Waals surface area contributed by atoms with E-state index in [0.717, 1.165) is 4.90 Å². The molecule has 3 aromatic rings. The van der Waals surface area contributed by atoms with Crippen molar-refractivity contribution in [2.24, 2.45) is 0 Å². The second-order valence-electron chi connectivity index (χ2n) is 8.70. The molecule has 0 saturated heterocycles. The summed E-state index contributed by atoms with van der Waals surface area (Å²) in [5, 5.41) is 6.42. The Balaban J connectivity index is 1.75. The standard InChI is InChI=1S/C23H22BClF3N5O3/c24-23(15-11-29-13-30-12-15,21(35)32-16-5-8-22(27,28)9-6-16)33(20(34)19(25)26)17-3-1-14(2-4-17)18-7-10-31-36-18/h1-4,7,10-13,16,19H,5-6,8-9,24H2,(H,32,35)/t19-,23+/m0/s1. The third-order valence-corrected chi connectivity index (χ3v) is 6.51. The molecule has 2 heterocycles. The van der Waals surface area contributed by atoms with Crippen LogP contribution in [0.25, 0.3) is 11.3 Å². The third kappa shape index (κ3) is 5.23. The van der Waals surface area contributed by atoms with Crippen LogP contribution in [0.2, 0.25) is 0 Å². The molecule has 0 unspecified atom stereocenters. The first-order valence-corrected chi connectivity index (χ1v) is 11.6. The number of halogens is 4. The summed E-state index contributed by atoms with van der Waals surface area (Å²) in [7, 11) is 1.40. The number of carbonyl (C=O) groups is 2. The van der Waals surface area contributed by atoms with E-state index >= 15 is 0 Å². The maximum Gasteiger partial charge on any atom is 0.277 e. The minimum atomic E-state index is -2.79. The highest BCUT2D eigenvalue weighted by molar-refractivity contribution is 6.37. The van der Waals surface area contributed by atoms with Crippen molar-refractivity contribution in [3.63, 3.8) is 0 Å². The van der Waals surface area contributed by atoms with Crippen LogP contribution in [0.1, 0.15) is 31.2 Å². The van der Waals surface area contributed by atoms with E-state index in [1.807, 2.05) is 0 Å². The van der Waals surface area contributed by atoms with E-state index in [2.05, 4.69) is 20.4 Å².